The Kier molecular flexibility index (Phi) is 6.58. The number of nitrogens with one attached hydrogen (secondary N) is 1. The maximum absolute atomic E-state index is 11.8. The van der Waals surface area contributed by atoms with E-state index < -0.39 is 0 Å². The number of amides is 2. The number of carbonyl (C=O) groups excluding carboxylic acids is 2. The average molecular weight is 290 g/mol. The van der Waals surface area contributed by atoms with Crippen molar-refractivity contribution in [1.82, 2.24) is 10.2 Å². The normalized spacial score (nSPS) is 26.4. The molecule has 0 aromatic heterocycles. The second-order valence-electron chi connectivity index (χ2n) is 5.40. The molecular formula is C13H24ClN3O2. The molecular weight excluding hydrogens is 266 g/mol. The quantitative estimate of drug-likeness (QED) is 0.730. The minimum absolute atomic E-state index is 0. The van der Waals surface area contributed by atoms with Gasteiger partial charge in [0, 0.05) is 38.0 Å². The van der Waals surface area contributed by atoms with E-state index in [0.717, 1.165) is 45.2 Å². The molecule has 0 bridgehead atoms. The highest BCUT2D eigenvalue weighted by atomic mass is 35.5. The van der Waals surface area contributed by atoms with Crippen molar-refractivity contribution in [1.29, 1.82) is 0 Å². The first-order valence-corrected chi connectivity index (χ1v) is 6.98. The van der Waals surface area contributed by atoms with Crippen LogP contribution in [0.5, 0.6) is 0 Å². The number of hydrogen-bond donors (Lipinski definition) is 2. The smallest absolute Gasteiger partial charge is 0.223 e. The molecule has 0 aromatic rings. The minimum atomic E-state index is 0. The lowest BCUT2D eigenvalue weighted by atomic mass is 10.1. The summed E-state index contributed by atoms with van der Waals surface area (Å²) in [7, 11) is 0. The topological polar surface area (TPSA) is 75.4 Å². The molecule has 6 heteroatoms. The van der Waals surface area contributed by atoms with Gasteiger partial charge in [-0.3, -0.25) is 9.59 Å². The molecule has 5 nitrogen and oxygen atoms in total. The van der Waals surface area contributed by atoms with E-state index >= 15 is 0 Å². The van der Waals surface area contributed by atoms with Crippen molar-refractivity contribution < 1.29 is 9.59 Å². The Morgan fingerprint density at radius 3 is 2.79 bits per heavy atom. The summed E-state index contributed by atoms with van der Waals surface area (Å²) in [6.07, 6.45) is 5.20. The zero-order chi connectivity index (χ0) is 13.0. The summed E-state index contributed by atoms with van der Waals surface area (Å²) in [4.78, 5) is 25.1. The molecule has 19 heavy (non-hydrogen) atoms. The zero-order valence-electron chi connectivity index (χ0n) is 11.3. The van der Waals surface area contributed by atoms with Crippen LogP contribution in [0.2, 0.25) is 0 Å². The number of rotatable bonds is 5. The Labute approximate surface area is 120 Å². The monoisotopic (exact) mass is 289 g/mol. The number of carbonyl (C=O) groups is 2. The minimum Gasteiger partial charge on any atom is -0.356 e. The number of nitrogens with two attached hydrogens (primary N) is 1. The molecule has 2 aliphatic rings. The van der Waals surface area contributed by atoms with Gasteiger partial charge in [0.1, 0.15) is 0 Å². The third-order valence-corrected chi connectivity index (χ3v) is 3.92. The summed E-state index contributed by atoms with van der Waals surface area (Å²) in [5, 5.41) is 2.95. The number of hydrogen-bond acceptors (Lipinski definition) is 3. The van der Waals surface area contributed by atoms with E-state index in [4.69, 9.17) is 5.73 Å². The van der Waals surface area contributed by atoms with Crippen molar-refractivity contribution in [2.75, 3.05) is 19.6 Å². The largest absolute Gasteiger partial charge is 0.356 e. The Balaban J connectivity index is 0.00000180. The highest BCUT2D eigenvalue weighted by Crippen LogP contribution is 2.23. The molecule has 3 N–H and O–H groups in total. The Hall–Kier alpha value is -0.810. The number of halogens is 1. The molecule has 2 fully saturated rings. The molecule has 1 saturated carbocycles. The summed E-state index contributed by atoms with van der Waals surface area (Å²) in [6.45, 7) is 2.31. The number of nitrogens with zero attached hydrogens (tertiary/aromatic N) is 1. The van der Waals surface area contributed by atoms with Crippen LogP contribution < -0.4 is 11.1 Å². The SMILES string of the molecule is Cl.NC1CCC(C(=O)NCCCN2CCCC2=O)C1. The number of likely N-dealkylation sites (tertiary alicyclic amines) is 1. The van der Waals surface area contributed by atoms with Crippen LogP contribution in [0, 0.1) is 5.92 Å². The summed E-state index contributed by atoms with van der Waals surface area (Å²) in [5.41, 5.74) is 5.79. The van der Waals surface area contributed by atoms with E-state index in [2.05, 4.69) is 5.32 Å². The lowest BCUT2D eigenvalue weighted by Gasteiger charge is -2.16. The van der Waals surface area contributed by atoms with Crippen molar-refractivity contribution in [3.8, 4) is 0 Å². The first-order chi connectivity index (χ1) is 8.66. The second kappa shape index (κ2) is 7.70. The van der Waals surface area contributed by atoms with E-state index in [1.165, 1.54) is 0 Å². The molecule has 2 rings (SSSR count). The standard InChI is InChI=1S/C13H23N3O2.ClH/c14-11-5-4-10(9-11)13(18)15-6-2-8-16-7-1-3-12(16)17;/h10-11H,1-9,14H2,(H,15,18);1H. The van der Waals surface area contributed by atoms with Crippen LogP contribution in [0.25, 0.3) is 0 Å². The molecule has 2 unspecified atom stereocenters. The fourth-order valence-corrected chi connectivity index (χ4v) is 2.82. The first kappa shape index (κ1) is 16.2. The average Bonchev–Trinajstić information content (AvgIpc) is 2.94. The van der Waals surface area contributed by atoms with Crippen LogP contribution >= 0.6 is 12.4 Å². The summed E-state index contributed by atoms with van der Waals surface area (Å²) in [5.74, 6) is 0.493. The van der Waals surface area contributed by atoms with Crippen LogP contribution in [-0.4, -0.2) is 42.4 Å². The third kappa shape index (κ3) is 4.66. The van der Waals surface area contributed by atoms with E-state index in [9.17, 15) is 9.59 Å². The van der Waals surface area contributed by atoms with Crippen LogP contribution in [0.3, 0.4) is 0 Å². The Morgan fingerprint density at radius 2 is 2.21 bits per heavy atom. The van der Waals surface area contributed by atoms with Gasteiger partial charge in [0.15, 0.2) is 0 Å². The van der Waals surface area contributed by atoms with Gasteiger partial charge in [-0.1, -0.05) is 0 Å². The van der Waals surface area contributed by atoms with E-state index in [0.29, 0.717) is 13.0 Å². The summed E-state index contributed by atoms with van der Waals surface area (Å²) in [6, 6.07) is 0.197. The van der Waals surface area contributed by atoms with Gasteiger partial charge in [-0.05, 0) is 32.1 Å². The molecule has 1 saturated heterocycles. The van der Waals surface area contributed by atoms with Gasteiger partial charge in [0.25, 0.3) is 0 Å². The summed E-state index contributed by atoms with van der Waals surface area (Å²) >= 11 is 0. The lowest BCUT2D eigenvalue weighted by Crippen LogP contribution is -2.33. The van der Waals surface area contributed by atoms with Crippen molar-refractivity contribution in [3.63, 3.8) is 0 Å². The van der Waals surface area contributed by atoms with Gasteiger partial charge in [0.2, 0.25) is 11.8 Å². The molecule has 1 aliphatic heterocycles. The molecule has 0 spiro atoms. The highest BCUT2D eigenvalue weighted by molar-refractivity contribution is 5.85. The van der Waals surface area contributed by atoms with E-state index in [1.54, 1.807) is 0 Å². The van der Waals surface area contributed by atoms with Crippen LogP contribution in [0.4, 0.5) is 0 Å². The van der Waals surface area contributed by atoms with E-state index in [1.807, 2.05) is 4.90 Å². The molecule has 0 radical (unpaired) electrons. The van der Waals surface area contributed by atoms with Crippen molar-refractivity contribution in [2.45, 2.75) is 44.6 Å². The van der Waals surface area contributed by atoms with E-state index in [-0.39, 0.29) is 36.2 Å². The van der Waals surface area contributed by atoms with Crippen molar-refractivity contribution in [2.24, 2.45) is 11.7 Å². The molecule has 2 amide bonds. The maximum Gasteiger partial charge on any atom is 0.223 e. The van der Waals surface area contributed by atoms with Gasteiger partial charge in [0.05, 0.1) is 0 Å². The lowest BCUT2D eigenvalue weighted by molar-refractivity contribution is -0.127. The molecule has 110 valence electrons. The van der Waals surface area contributed by atoms with Crippen LogP contribution in [0.15, 0.2) is 0 Å². The third-order valence-electron chi connectivity index (χ3n) is 3.92. The predicted octanol–water partition coefficient (Wildman–Crippen LogP) is 0.664. The van der Waals surface area contributed by atoms with Crippen LogP contribution in [-0.2, 0) is 9.59 Å². The van der Waals surface area contributed by atoms with Gasteiger partial charge < -0.3 is 16.0 Å². The molecule has 2 atom stereocenters. The Morgan fingerprint density at radius 1 is 1.42 bits per heavy atom. The fraction of sp³-hybridized carbons (Fsp3) is 0.846. The van der Waals surface area contributed by atoms with Gasteiger partial charge in [-0.25, -0.2) is 0 Å². The molecule has 0 aromatic carbocycles. The summed E-state index contributed by atoms with van der Waals surface area (Å²) < 4.78 is 0. The molecule has 1 aliphatic carbocycles. The molecule has 1 heterocycles. The highest BCUT2D eigenvalue weighted by Gasteiger charge is 2.27. The van der Waals surface area contributed by atoms with Crippen molar-refractivity contribution in [3.05, 3.63) is 0 Å². The van der Waals surface area contributed by atoms with Gasteiger partial charge in [-0.15, -0.1) is 12.4 Å². The fourth-order valence-electron chi connectivity index (χ4n) is 2.82. The predicted molar refractivity (Wildman–Crippen MR) is 76.0 cm³/mol. The first-order valence-electron chi connectivity index (χ1n) is 6.98. The van der Waals surface area contributed by atoms with Crippen LogP contribution in [0.1, 0.15) is 38.5 Å². The van der Waals surface area contributed by atoms with Gasteiger partial charge in [-0.2, -0.15) is 0 Å². The van der Waals surface area contributed by atoms with Gasteiger partial charge >= 0.3 is 0 Å². The zero-order valence-corrected chi connectivity index (χ0v) is 12.1. The van der Waals surface area contributed by atoms with Crippen molar-refractivity contribution >= 4 is 24.2 Å². The maximum atomic E-state index is 11.8. The Bertz CT molecular complexity index is 325. The second-order valence-corrected chi connectivity index (χ2v) is 5.40.